The van der Waals surface area contributed by atoms with Crippen LogP contribution in [-0.2, 0) is 6.42 Å². The molecule has 1 aromatic carbocycles. The maximum atomic E-state index is 9.08. The minimum Gasteiger partial charge on any atom is -0.504 e. The summed E-state index contributed by atoms with van der Waals surface area (Å²) in [7, 11) is 0. The lowest BCUT2D eigenvalue weighted by atomic mass is 10.1. The Morgan fingerprint density at radius 2 is 1.92 bits per heavy atom. The van der Waals surface area contributed by atoms with Gasteiger partial charge in [0.1, 0.15) is 0 Å². The second-order valence-electron chi connectivity index (χ2n) is 2.88. The van der Waals surface area contributed by atoms with Crippen molar-refractivity contribution >= 4 is 0 Å². The summed E-state index contributed by atoms with van der Waals surface area (Å²) in [5.74, 6) is -0.280. The summed E-state index contributed by atoms with van der Waals surface area (Å²) in [6.07, 6.45) is 0.0438. The molecule has 0 radical (unpaired) electrons. The highest BCUT2D eigenvalue weighted by atomic mass is 16.3. The molecule has 1 rings (SSSR count). The highest BCUT2D eigenvalue weighted by molar-refractivity contribution is 5.40. The van der Waals surface area contributed by atoms with Crippen LogP contribution in [0.5, 0.6) is 11.5 Å². The van der Waals surface area contributed by atoms with E-state index in [1.54, 1.807) is 13.0 Å². The predicted octanol–water partition coefficient (Wildman–Crippen LogP) is 1.02. The number of rotatable bonds is 2. The fraction of sp³-hybridized carbons (Fsp3) is 0.333. The van der Waals surface area contributed by atoms with Gasteiger partial charge in [-0.3, -0.25) is 0 Å². The third-order valence-corrected chi connectivity index (χ3v) is 1.57. The van der Waals surface area contributed by atoms with Crippen molar-refractivity contribution in [2.24, 2.45) is 0 Å². The molecule has 1 aromatic rings. The van der Waals surface area contributed by atoms with Crippen molar-refractivity contribution in [3.05, 3.63) is 23.8 Å². The predicted molar refractivity (Wildman–Crippen MR) is 45.2 cm³/mol. The maximum absolute atomic E-state index is 9.08. The first kappa shape index (κ1) is 8.87. The number of aromatic hydroxyl groups is 2. The van der Waals surface area contributed by atoms with Gasteiger partial charge in [-0.2, -0.15) is 0 Å². The minimum atomic E-state index is -0.436. The van der Waals surface area contributed by atoms with Gasteiger partial charge >= 0.3 is 0 Å². The van der Waals surface area contributed by atoms with Crippen LogP contribution in [0.25, 0.3) is 0 Å². The van der Waals surface area contributed by atoms with Crippen LogP contribution >= 0.6 is 0 Å². The van der Waals surface area contributed by atoms with Crippen LogP contribution in [-0.4, -0.2) is 21.4 Å². The van der Waals surface area contributed by atoms with E-state index in [4.69, 9.17) is 15.3 Å². The first-order chi connectivity index (χ1) is 5.59. The van der Waals surface area contributed by atoms with Gasteiger partial charge in [-0.15, -0.1) is 0 Å². The fourth-order valence-electron chi connectivity index (χ4n) is 1.04. The standard InChI is InChI=1S/C9H12O3/c1-6(10)4-7-2-3-8(11)9(12)5-7/h2-3,5-6,10-12H,4H2,1H3. The lowest BCUT2D eigenvalue weighted by Crippen LogP contribution is -2.03. The summed E-state index contributed by atoms with van der Waals surface area (Å²) in [5, 5.41) is 27.1. The Morgan fingerprint density at radius 1 is 1.25 bits per heavy atom. The lowest BCUT2D eigenvalue weighted by molar-refractivity contribution is 0.195. The average molecular weight is 168 g/mol. The molecule has 3 N–H and O–H groups in total. The molecule has 0 saturated heterocycles. The molecular formula is C9H12O3. The van der Waals surface area contributed by atoms with Gasteiger partial charge in [0.2, 0.25) is 0 Å². The molecule has 0 heterocycles. The highest BCUT2D eigenvalue weighted by Crippen LogP contribution is 2.25. The summed E-state index contributed by atoms with van der Waals surface area (Å²) in [6, 6.07) is 4.52. The quantitative estimate of drug-likeness (QED) is 0.578. The minimum absolute atomic E-state index is 0.135. The number of benzene rings is 1. The van der Waals surface area contributed by atoms with Crippen molar-refractivity contribution in [3.8, 4) is 11.5 Å². The Bertz CT molecular complexity index is 268. The molecule has 1 atom stereocenters. The van der Waals surface area contributed by atoms with Crippen LogP contribution in [0.4, 0.5) is 0 Å². The second-order valence-corrected chi connectivity index (χ2v) is 2.88. The van der Waals surface area contributed by atoms with Gasteiger partial charge in [-0.25, -0.2) is 0 Å². The smallest absolute Gasteiger partial charge is 0.157 e. The number of hydrogen-bond donors (Lipinski definition) is 3. The van der Waals surface area contributed by atoms with E-state index >= 15 is 0 Å². The van der Waals surface area contributed by atoms with E-state index < -0.39 is 6.10 Å². The number of phenolic OH excluding ortho intramolecular Hbond substituents is 2. The van der Waals surface area contributed by atoms with E-state index in [-0.39, 0.29) is 11.5 Å². The number of aliphatic hydroxyl groups excluding tert-OH is 1. The van der Waals surface area contributed by atoms with Gasteiger partial charge in [0.05, 0.1) is 6.10 Å². The van der Waals surface area contributed by atoms with E-state index in [9.17, 15) is 0 Å². The summed E-state index contributed by atoms with van der Waals surface area (Å²) >= 11 is 0. The Kier molecular flexibility index (Phi) is 2.55. The zero-order valence-corrected chi connectivity index (χ0v) is 6.86. The van der Waals surface area contributed by atoms with Crippen LogP contribution in [0, 0.1) is 0 Å². The molecule has 3 nitrogen and oxygen atoms in total. The number of phenols is 2. The van der Waals surface area contributed by atoms with Gasteiger partial charge < -0.3 is 15.3 Å². The first-order valence-corrected chi connectivity index (χ1v) is 3.78. The number of aliphatic hydroxyl groups is 1. The summed E-state index contributed by atoms with van der Waals surface area (Å²) in [4.78, 5) is 0. The molecule has 0 aliphatic carbocycles. The van der Waals surface area contributed by atoms with Crippen molar-refractivity contribution in [1.29, 1.82) is 0 Å². The molecule has 0 aliphatic rings. The van der Waals surface area contributed by atoms with Gasteiger partial charge in [0.25, 0.3) is 0 Å². The Morgan fingerprint density at radius 3 is 2.42 bits per heavy atom. The van der Waals surface area contributed by atoms with Crippen molar-refractivity contribution < 1.29 is 15.3 Å². The van der Waals surface area contributed by atoms with Crippen molar-refractivity contribution in [3.63, 3.8) is 0 Å². The largest absolute Gasteiger partial charge is 0.504 e. The van der Waals surface area contributed by atoms with Gasteiger partial charge in [0.15, 0.2) is 11.5 Å². The molecule has 0 bridgehead atoms. The molecular weight excluding hydrogens is 156 g/mol. The van der Waals surface area contributed by atoms with E-state index in [1.165, 1.54) is 12.1 Å². The molecule has 66 valence electrons. The SMILES string of the molecule is CC(O)Cc1ccc(O)c(O)c1. The fourth-order valence-corrected chi connectivity index (χ4v) is 1.04. The Labute approximate surface area is 70.9 Å². The summed E-state index contributed by atoms with van der Waals surface area (Å²) in [5.41, 5.74) is 0.806. The molecule has 0 amide bonds. The van der Waals surface area contributed by atoms with Gasteiger partial charge in [-0.05, 0) is 31.0 Å². The Balaban J connectivity index is 2.82. The molecule has 12 heavy (non-hydrogen) atoms. The third-order valence-electron chi connectivity index (χ3n) is 1.57. The van der Waals surface area contributed by atoms with E-state index in [2.05, 4.69) is 0 Å². The van der Waals surface area contributed by atoms with Crippen LogP contribution in [0.15, 0.2) is 18.2 Å². The topological polar surface area (TPSA) is 60.7 Å². The third kappa shape index (κ3) is 2.13. The normalized spacial score (nSPS) is 12.8. The number of hydrogen-bond acceptors (Lipinski definition) is 3. The highest BCUT2D eigenvalue weighted by Gasteiger charge is 2.02. The first-order valence-electron chi connectivity index (χ1n) is 3.78. The van der Waals surface area contributed by atoms with Crippen LogP contribution in [0.2, 0.25) is 0 Å². The van der Waals surface area contributed by atoms with Crippen molar-refractivity contribution in [1.82, 2.24) is 0 Å². The molecule has 1 unspecified atom stereocenters. The van der Waals surface area contributed by atoms with E-state index in [0.717, 1.165) is 5.56 Å². The molecule has 0 saturated carbocycles. The maximum Gasteiger partial charge on any atom is 0.157 e. The average Bonchev–Trinajstić information content (AvgIpc) is 1.96. The molecule has 0 aliphatic heterocycles. The van der Waals surface area contributed by atoms with Crippen LogP contribution in [0.3, 0.4) is 0 Å². The van der Waals surface area contributed by atoms with Crippen LogP contribution in [0.1, 0.15) is 12.5 Å². The van der Waals surface area contributed by atoms with Crippen molar-refractivity contribution in [2.75, 3.05) is 0 Å². The molecule has 3 heteroatoms. The van der Waals surface area contributed by atoms with E-state index in [0.29, 0.717) is 6.42 Å². The zero-order chi connectivity index (χ0) is 9.14. The van der Waals surface area contributed by atoms with Crippen LogP contribution < -0.4 is 0 Å². The molecule has 0 aromatic heterocycles. The van der Waals surface area contributed by atoms with Gasteiger partial charge in [0, 0.05) is 0 Å². The van der Waals surface area contributed by atoms with E-state index in [1.807, 2.05) is 0 Å². The Hall–Kier alpha value is -1.22. The van der Waals surface area contributed by atoms with Crippen molar-refractivity contribution in [2.45, 2.75) is 19.4 Å². The summed E-state index contributed by atoms with van der Waals surface area (Å²) < 4.78 is 0. The molecule has 0 fully saturated rings. The zero-order valence-electron chi connectivity index (χ0n) is 6.86. The second kappa shape index (κ2) is 3.45. The van der Waals surface area contributed by atoms with Gasteiger partial charge in [-0.1, -0.05) is 6.07 Å². The molecule has 0 spiro atoms. The lowest BCUT2D eigenvalue weighted by Gasteiger charge is -2.05. The summed E-state index contributed by atoms with van der Waals surface area (Å²) in [6.45, 7) is 1.67. The monoisotopic (exact) mass is 168 g/mol.